The minimum absolute atomic E-state index is 0.000214. The van der Waals surface area contributed by atoms with Gasteiger partial charge in [0.15, 0.2) is 0 Å². The van der Waals surface area contributed by atoms with E-state index in [9.17, 15) is 4.79 Å². The fraction of sp³-hybridized carbons (Fsp3) is 0.250. The van der Waals surface area contributed by atoms with E-state index in [4.69, 9.17) is 0 Å². The summed E-state index contributed by atoms with van der Waals surface area (Å²) in [5.74, 6) is 0. The van der Waals surface area contributed by atoms with Crippen molar-refractivity contribution in [2.24, 2.45) is 0 Å². The third-order valence-corrected chi connectivity index (χ3v) is 3.71. The van der Waals surface area contributed by atoms with Crippen LogP contribution in [0.25, 0.3) is 11.3 Å². The molecule has 0 amide bonds. The van der Waals surface area contributed by atoms with E-state index in [-0.39, 0.29) is 4.87 Å². The first-order valence-corrected chi connectivity index (χ1v) is 6.80. The Labute approximate surface area is 112 Å². The first-order valence-electron chi connectivity index (χ1n) is 5.19. The molecule has 0 saturated carbocycles. The van der Waals surface area contributed by atoms with Crippen LogP contribution >= 0.6 is 27.3 Å². The number of nitrogens with one attached hydrogen (secondary N) is 1. The molecule has 17 heavy (non-hydrogen) atoms. The van der Waals surface area contributed by atoms with Crippen LogP contribution in [0.3, 0.4) is 0 Å². The molecule has 1 N–H and O–H groups in total. The van der Waals surface area contributed by atoms with Crippen LogP contribution < -0.4 is 4.87 Å². The molecular weight excluding hydrogens is 300 g/mol. The van der Waals surface area contributed by atoms with Gasteiger partial charge < -0.3 is 9.88 Å². The molecule has 0 aliphatic carbocycles. The average molecular weight is 313 g/mol. The summed E-state index contributed by atoms with van der Waals surface area (Å²) < 4.78 is 1.04. The maximum absolute atomic E-state index is 11.5. The second-order valence-corrected chi connectivity index (χ2v) is 6.04. The maximum atomic E-state index is 11.5. The molecule has 2 rings (SSSR count). The molecule has 5 heteroatoms. The summed E-state index contributed by atoms with van der Waals surface area (Å²) in [6.07, 6.45) is 0. The Morgan fingerprint density at radius 2 is 1.94 bits per heavy atom. The lowest BCUT2D eigenvalue weighted by molar-refractivity contribution is 0.406. The van der Waals surface area contributed by atoms with E-state index in [0.29, 0.717) is 0 Å². The third-order valence-electron chi connectivity index (χ3n) is 2.31. The molecule has 2 aromatic rings. The van der Waals surface area contributed by atoms with Gasteiger partial charge in [-0.1, -0.05) is 39.4 Å². The Hall–Kier alpha value is -0.910. The summed E-state index contributed by atoms with van der Waals surface area (Å²) in [6.45, 7) is 0.773. The van der Waals surface area contributed by atoms with Crippen molar-refractivity contribution >= 4 is 27.3 Å². The zero-order chi connectivity index (χ0) is 12.4. The topological polar surface area (TPSA) is 36.1 Å². The molecule has 0 aliphatic rings. The van der Waals surface area contributed by atoms with Gasteiger partial charge in [0.25, 0.3) is 0 Å². The first-order chi connectivity index (χ1) is 8.06. The van der Waals surface area contributed by atoms with Crippen molar-refractivity contribution in [3.8, 4) is 11.3 Å². The Morgan fingerprint density at radius 3 is 2.53 bits per heavy atom. The number of H-pyrrole nitrogens is 1. The molecule has 1 aromatic carbocycles. The summed E-state index contributed by atoms with van der Waals surface area (Å²) in [5.41, 5.74) is 1.98. The second-order valence-electron chi connectivity index (χ2n) is 4.06. The van der Waals surface area contributed by atoms with Crippen molar-refractivity contribution in [2.45, 2.75) is 6.54 Å². The van der Waals surface area contributed by atoms with E-state index < -0.39 is 0 Å². The van der Waals surface area contributed by atoms with Gasteiger partial charge in [-0.2, -0.15) is 0 Å². The highest BCUT2D eigenvalue weighted by atomic mass is 79.9. The van der Waals surface area contributed by atoms with Crippen molar-refractivity contribution < 1.29 is 0 Å². The number of thiazole rings is 1. The molecule has 0 saturated heterocycles. The molecule has 1 aromatic heterocycles. The number of hydrogen-bond donors (Lipinski definition) is 1. The lowest BCUT2D eigenvalue weighted by Crippen LogP contribution is -2.10. The van der Waals surface area contributed by atoms with Crippen LogP contribution in [-0.4, -0.2) is 24.0 Å². The van der Waals surface area contributed by atoms with Gasteiger partial charge in [0.1, 0.15) is 0 Å². The van der Waals surface area contributed by atoms with E-state index >= 15 is 0 Å². The van der Waals surface area contributed by atoms with Gasteiger partial charge in [0.05, 0.1) is 5.69 Å². The number of nitrogens with zero attached hydrogens (tertiary/aromatic N) is 1. The van der Waals surface area contributed by atoms with Crippen LogP contribution in [0.15, 0.2) is 33.5 Å². The van der Waals surface area contributed by atoms with Crippen LogP contribution in [0.2, 0.25) is 0 Å². The monoisotopic (exact) mass is 312 g/mol. The Bertz CT molecular complexity index is 557. The molecule has 0 radical (unpaired) electrons. The van der Waals surface area contributed by atoms with Crippen molar-refractivity contribution in [3.05, 3.63) is 43.3 Å². The molecule has 0 atom stereocenters. The summed E-state index contributed by atoms with van der Waals surface area (Å²) in [7, 11) is 3.99. The number of aromatic nitrogens is 1. The normalized spacial score (nSPS) is 11.1. The van der Waals surface area contributed by atoms with E-state index in [0.717, 1.165) is 27.2 Å². The summed E-state index contributed by atoms with van der Waals surface area (Å²) in [4.78, 5) is 17.5. The smallest absolute Gasteiger partial charge is 0.305 e. The van der Waals surface area contributed by atoms with E-state index in [1.807, 2.05) is 38.4 Å². The van der Waals surface area contributed by atoms with Crippen molar-refractivity contribution in [3.63, 3.8) is 0 Å². The summed E-state index contributed by atoms with van der Waals surface area (Å²) in [5, 5.41) is 0. The van der Waals surface area contributed by atoms with Crippen LogP contribution in [0, 0.1) is 0 Å². The van der Waals surface area contributed by atoms with Gasteiger partial charge in [0, 0.05) is 15.9 Å². The first kappa shape index (κ1) is 12.5. The van der Waals surface area contributed by atoms with E-state index in [1.165, 1.54) is 11.3 Å². The van der Waals surface area contributed by atoms with Crippen LogP contribution in [0.1, 0.15) is 4.88 Å². The standard InChI is InChI=1S/C12H13BrN2OS/c1-15(2)7-10-11(14-12(16)17-10)8-3-5-9(13)6-4-8/h3-6H,7H2,1-2H3,(H,14,16). The molecular formula is C12H13BrN2OS. The molecule has 3 nitrogen and oxygen atoms in total. The van der Waals surface area contributed by atoms with E-state index in [1.54, 1.807) is 0 Å². The molecule has 0 fully saturated rings. The minimum Gasteiger partial charge on any atom is -0.312 e. The number of benzene rings is 1. The van der Waals surface area contributed by atoms with Crippen molar-refractivity contribution in [1.29, 1.82) is 0 Å². The number of halogens is 1. The van der Waals surface area contributed by atoms with E-state index in [2.05, 4.69) is 25.8 Å². The number of rotatable bonds is 3. The van der Waals surface area contributed by atoms with Gasteiger partial charge in [-0.15, -0.1) is 0 Å². The Morgan fingerprint density at radius 1 is 1.29 bits per heavy atom. The predicted molar refractivity (Wildman–Crippen MR) is 75.5 cm³/mol. The number of hydrogen-bond acceptors (Lipinski definition) is 3. The molecule has 0 unspecified atom stereocenters. The Kier molecular flexibility index (Phi) is 3.81. The lowest BCUT2D eigenvalue weighted by atomic mass is 10.1. The fourth-order valence-corrected chi connectivity index (χ4v) is 2.84. The predicted octanol–water partition coefficient (Wildman–Crippen LogP) is 2.93. The number of aromatic amines is 1. The molecule has 1 heterocycles. The Balaban J connectivity index is 2.43. The zero-order valence-electron chi connectivity index (χ0n) is 9.66. The average Bonchev–Trinajstić information content (AvgIpc) is 2.59. The van der Waals surface area contributed by atoms with Crippen molar-refractivity contribution in [1.82, 2.24) is 9.88 Å². The van der Waals surface area contributed by atoms with Gasteiger partial charge in [-0.05, 0) is 31.8 Å². The summed E-state index contributed by atoms with van der Waals surface area (Å²) in [6, 6.07) is 7.96. The lowest BCUT2D eigenvalue weighted by Gasteiger charge is -2.09. The molecule has 0 aliphatic heterocycles. The van der Waals surface area contributed by atoms with Gasteiger partial charge >= 0.3 is 4.87 Å². The SMILES string of the molecule is CN(C)Cc1sc(=O)[nH]c1-c1ccc(Br)cc1. The molecule has 0 spiro atoms. The van der Waals surface area contributed by atoms with Gasteiger partial charge in [-0.3, -0.25) is 4.79 Å². The van der Waals surface area contributed by atoms with Gasteiger partial charge in [-0.25, -0.2) is 0 Å². The zero-order valence-corrected chi connectivity index (χ0v) is 12.1. The molecule has 90 valence electrons. The molecule has 0 bridgehead atoms. The minimum atomic E-state index is -0.000214. The largest absolute Gasteiger partial charge is 0.312 e. The van der Waals surface area contributed by atoms with Crippen LogP contribution in [-0.2, 0) is 6.54 Å². The van der Waals surface area contributed by atoms with Crippen LogP contribution in [0.4, 0.5) is 0 Å². The fourth-order valence-electron chi connectivity index (χ4n) is 1.61. The quantitative estimate of drug-likeness (QED) is 0.946. The third kappa shape index (κ3) is 3.06. The summed E-state index contributed by atoms with van der Waals surface area (Å²) >= 11 is 4.68. The van der Waals surface area contributed by atoms with Crippen molar-refractivity contribution in [2.75, 3.05) is 14.1 Å². The second kappa shape index (κ2) is 5.16. The van der Waals surface area contributed by atoms with Gasteiger partial charge in [0.2, 0.25) is 0 Å². The highest BCUT2D eigenvalue weighted by molar-refractivity contribution is 9.10. The maximum Gasteiger partial charge on any atom is 0.305 e. The van der Waals surface area contributed by atoms with Crippen LogP contribution in [0.5, 0.6) is 0 Å². The highest BCUT2D eigenvalue weighted by Crippen LogP contribution is 2.25. The highest BCUT2D eigenvalue weighted by Gasteiger charge is 2.10.